The Labute approximate surface area is 102 Å². The standard InChI is InChI=1S/C13H20N2O2/c1-10(12-5-7-17-9-12)15-8-11-4-3-6-14-13(11)16-2/h3-4,6,10,12,15H,5,7-9H2,1-2H3. The highest BCUT2D eigenvalue weighted by Gasteiger charge is 2.21. The smallest absolute Gasteiger partial charge is 0.217 e. The number of hydrogen-bond donors (Lipinski definition) is 1. The number of aromatic nitrogens is 1. The zero-order valence-electron chi connectivity index (χ0n) is 10.5. The molecule has 4 nitrogen and oxygen atoms in total. The van der Waals surface area contributed by atoms with Gasteiger partial charge in [0, 0.05) is 31.0 Å². The molecule has 17 heavy (non-hydrogen) atoms. The fourth-order valence-corrected chi connectivity index (χ4v) is 2.13. The summed E-state index contributed by atoms with van der Waals surface area (Å²) in [6, 6.07) is 4.43. The van der Waals surface area contributed by atoms with E-state index in [4.69, 9.17) is 9.47 Å². The van der Waals surface area contributed by atoms with Crippen molar-refractivity contribution in [1.29, 1.82) is 0 Å². The zero-order valence-corrected chi connectivity index (χ0v) is 10.5. The van der Waals surface area contributed by atoms with Crippen LogP contribution < -0.4 is 10.1 Å². The number of nitrogens with zero attached hydrogens (tertiary/aromatic N) is 1. The van der Waals surface area contributed by atoms with E-state index in [1.807, 2.05) is 12.1 Å². The molecule has 1 N–H and O–H groups in total. The van der Waals surface area contributed by atoms with Crippen LogP contribution in [0.5, 0.6) is 5.88 Å². The molecule has 2 unspecified atom stereocenters. The summed E-state index contributed by atoms with van der Waals surface area (Å²) >= 11 is 0. The number of ether oxygens (including phenoxy) is 2. The van der Waals surface area contributed by atoms with E-state index in [0.29, 0.717) is 17.8 Å². The second kappa shape index (κ2) is 5.98. The molecule has 1 saturated heterocycles. The summed E-state index contributed by atoms with van der Waals surface area (Å²) in [6.07, 6.45) is 2.90. The van der Waals surface area contributed by atoms with Crippen LogP contribution in [0.4, 0.5) is 0 Å². The molecule has 94 valence electrons. The first kappa shape index (κ1) is 12.3. The lowest BCUT2D eigenvalue weighted by Gasteiger charge is -2.19. The molecule has 0 aliphatic carbocycles. The predicted molar refractivity (Wildman–Crippen MR) is 66.0 cm³/mol. The molecular formula is C13H20N2O2. The number of methoxy groups -OCH3 is 1. The molecule has 1 aromatic heterocycles. The van der Waals surface area contributed by atoms with E-state index in [-0.39, 0.29) is 0 Å². The van der Waals surface area contributed by atoms with Crippen molar-refractivity contribution in [1.82, 2.24) is 10.3 Å². The van der Waals surface area contributed by atoms with E-state index >= 15 is 0 Å². The predicted octanol–water partition coefficient (Wildman–Crippen LogP) is 1.60. The molecule has 0 radical (unpaired) electrons. The molecule has 0 spiro atoms. The van der Waals surface area contributed by atoms with Gasteiger partial charge in [-0.1, -0.05) is 6.07 Å². The highest BCUT2D eigenvalue weighted by molar-refractivity contribution is 5.25. The number of nitrogens with one attached hydrogen (secondary N) is 1. The third kappa shape index (κ3) is 3.17. The second-order valence-electron chi connectivity index (χ2n) is 4.47. The number of hydrogen-bond acceptors (Lipinski definition) is 4. The summed E-state index contributed by atoms with van der Waals surface area (Å²) in [5.41, 5.74) is 1.10. The first-order valence-electron chi connectivity index (χ1n) is 6.10. The zero-order chi connectivity index (χ0) is 12.1. The Morgan fingerprint density at radius 1 is 1.65 bits per heavy atom. The second-order valence-corrected chi connectivity index (χ2v) is 4.47. The minimum Gasteiger partial charge on any atom is -0.481 e. The van der Waals surface area contributed by atoms with Crippen LogP contribution in [0.1, 0.15) is 18.9 Å². The highest BCUT2D eigenvalue weighted by atomic mass is 16.5. The maximum absolute atomic E-state index is 5.40. The van der Waals surface area contributed by atoms with Crippen LogP contribution >= 0.6 is 0 Å². The van der Waals surface area contributed by atoms with Gasteiger partial charge in [0.25, 0.3) is 0 Å². The fourth-order valence-electron chi connectivity index (χ4n) is 2.13. The SMILES string of the molecule is COc1ncccc1CNC(C)C1CCOC1. The van der Waals surface area contributed by atoms with E-state index < -0.39 is 0 Å². The molecule has 2 atom stereocenters. The molecule has 1 aromatic rings. The Hall–Kier alpha value is -1.13. The largest absolute Gasteiger partial charge is 0.481 e. The summed E-state index contributed by atoms with van der Waals surface area (Å²) in [5, 5.41) is 3.52. The average Bonchev–Trinajstić information content (AvgIpc) is 2.90. The van der Waals surface area contributed by atoms with E-state index in [1.165, 1.54) is 0 Å². The molecular weight excluding hydrogens is 216 g/mol. The van der Waals surface area contributed by atoms with Gasteiger partial charge in [-0.05, 0) is 25.3 Å². The van der Waals surface area contributed by atoms with Gasteiger partial charge in [-0.2, -0.15) is 0 Å². The Balaban J connectivity index is 1.88. The summed E-state index contributed by atoms with van der Waals surface area (Å²) in [7, 11) is 1.65. The molecule has 0 aromatic carbocycles. The number of rotatable bonds is 5. The van der Waals surface area contributed by atoms with Crippen molar-refractivity contribution in [3.05, 3.63) is 23.9 Å². The first-order chi connectivity index (χ1) is 8.31. The third-order valence-corrected chi connectivity index (χ3v) is 3.33. The lowest BCUT2D eigenvalue weighted by molar-refractivity contribution is 0.178. The quantitative estimate of drug-likeness (QED) is 0.843. The van der Waals surface area contributed by atoms with Gasteiger partial charge in [-0.3, -0.25) is 0 Å². The highest BCUT2D eigenvalue weighted by Crippen LogP contribution is 2.18. The Morgan fingerprint density at radius 2 is 2.53 bits per heavy atom. The Kier molecular flexibility index (Phi) is 4.34. The van der Waals surface area contributed by atoms with E-state index in [9.17, 15) is 0 Å². The molecule has 4 heteroatoms. The third-order valence-electron chi connectivity index (χ3n) is 3.33. The number of pyridine rings is 1. The Morgan fingerprint density at radius 3 is 3.24 bits per heavy atom. The van der Waals surface area contributed by atoms with Gasteiger partial charge >= 0.3 is 0 Å². The van der Waals surface area contributed by atoms with Crippen LogP contribution in [0, 0.1) is 5.92 Å². The summed E-state index contributed by atoms with van der Waals surface area (Å²) < 4.78 is 10.6. The molecule has 2 rings (SSSR count). The van der Waals surface area contributed by atoms with Gasteiger partial charge in [0.15, 0.2) is 0 Å². The molecule has 1 aliphatic heterocycles. The van der Waals surface area contributed by atoms with Crippen molar-refractivity contribution >= 4 is 0 Å². The van der Waals surface area contributed by atoms with Crippen molar-refractivity contribution in [2.75, 3.05) is 20.3 Å². The monoisotopic (exact) mass is 236 g/mol. The van der Waals surface area contributed by atoms with Gasteiger partial charge in [0.1, 0.15) is 0 Å². The van der Waals surface area contributed by atoms with E-state index in [0.717, 1.165) is 31.7 Å². The first-order valence-corrected chi connectivity index (χ1v) is 6.10. The fraction of sp³-hybridized carbons (Fsp3) is 0.615. The summed E-state index contributed by atoms with van der Waals surface area (Å²) in [4.78, 5) is 4.19. The molecule has 2 heterocycles. The van der Waals surface area contributed by atoms with Crippen LogP contribution in [0.3, 0.4) is 0 Å². The van der Waals surface area contributed by atoms with Crippen molar-refractivity contribution < 1.29 is 9.47 Å². The van der Waals surface area contributed by atoms with Crippen molar-refractivity contribution in [2.45, 2.75) is 25.9 Å². The molecule has 0 bridgehead atoms. The van der Waals surface area contributed by atoms with Gasteiger partial charge in [-0.15, -0.1) is 0 Å². The van der Waals surface area contributed by atoms with Crippen molar-refractivity contribution in [2.24, 2.45) is 5.92 Å². The van der Waals surface area contributed by atoms with Crippen LogP contribution in [0.2, 0.25) is 0 Å². The van der Waals surface area contributed by atoms with E-state index in [2.05, 4.69) is 17.2 Å². The Bertz CT molecular complexity index is 351. The summed E-state index contributed by atoms with van der Waals surface area (Å²) in [6.45, 7) is 4.77. The normalized spacial score (nSPS) is 21.4. The molecule has 1 aliphatic rings. The maximum atomic E-state index is 5.40. The maximum Gasteiger partial charge on any atom is 0.217 e. The van der Waals surface area contributed by atoms with Gasteiger partial charge in [-0.25, -0.2) is 4.98 Å². The van der Waals surface area contributed by atoms with Gasteiger partial charge in [0.2, 0.25) is 5.88 Å². The lowest BCUT2D eigenvalue weighted by atomic mass is 10.0. The van der Waals surface area contributed by atoms with Crippen LogP contribution in [-0.4, -0.2) is 31.3 Å². The minimum atomic E-state index is 0.461. The topological polar surface area (TPSA) is 43.4 Å². The van der Waals surface area contributed by atoms with Gasteiger partial charge < -0.3 is 14.8 Å². The van der Waals surface area contributed by atoms with E-state index in [1.54, 1.807) is 13.3 Å². The minimum absolute atomic E-state index is 0.461. The van der Waals surface area contributed by atoms with Crippen molar-refractivity contribution in [3.8, 4) is 5.88 Å². The van der Waals surface area contributed by atoms with Crippen molar-refractivity contribution in [3.63, 3.8) is 0 Å². The molecule has 1 fully saturated rings. The van der Waals surface area contributed by atoms with Gasteiger partial charge in [0.05, 0.1) is 13.7 Å². The molecule has 0 saturated carbocycles. The lowest BCUT2D eigenvalue weighted by Crippen LogP contribution is -2.33. The van der Waals surface area contributed by atoms with Crippen LogP contribution in [-0.2, 0) is 11.3 Å². The molecule has 0 amide bonds. The van der Waals surface area contributed by atoms with Crippen LogP contribution in [0.15, 0.2) is 18.3 Å². The average molecular weight is 236 g/mol. The summed E-state index contributed by atoms with van der Waals surface area (Å²) in [5.74, 6) is 1.33. The van der Waals surface area contributed by atoms with Crippen LogP contribution in [0.25, 0.3) is 0 Å².